The summed E-state index contributed by atoms with van der Waals surface area (Å²) < 4.78 is 27.5. The number of halogens is 3. The summed E-state index contributed by atoms with van der Waals surface area (Å²) in [7, 11) is 0. The normalized spacial score (nSPS) is 15.4. The van der Waals surface area contributed by atoms with Crippen molar-refractivity contribution in [1.82, 2.24) is 5.32 Å². The Morgan fingerprint density at radius 1 is 1.21 bits per heavy atom. The second-order valence-corrected chi connectivity index (χ2v) is 5.71. The highest BCUT2D eigenvalue weighted by molar-refractivity contribution is 9.10. The van der Waals surface area contributed by atoms with Gasteiger partial charge in [-0.05, 0) is 66.7 Å². The number of benzene rings is 1. The molecule has 1 N–H and O–H groups in total. The van der Waals surface area contributed by atoms with Crippen LogP contribution in [0.5, 0.6) is 0 Å². The van der Waals surface area contributed by atoms with Gasteiger partial charge >= 0.3 is 0 Å². The van der Waals surface area contributed by atoms with E-state index >= 15 is 0 Å². The monoisotopic (exact) mass is 329 g/mol. The predicted octanol–water partition coefficient (Wildman–Crippen LogP) is 4.71. The minimum absolute atomic E-state index is 0.104. The van der Waals surface area contributed by atoms with Gasteiger partial charge in [0.25, 0.3) is 0 Å². The summed E-state index contributed by atoms with van der Waals surface area (Å²) in [4.78, 5) is 0. The molecule has 19 heavy (non-hydrogen) atoms. The van der Waals surface area contributed by atoms with E-state index < -0.39 is 11.6 Å². The van der Waals surface area contributed by atoms with E-state index in [1.807, 2.05) is 0 Å². The van der Waals surface area contributed by atoms with E-state index in [4.69, 9.17) is 0 Å². The first-order valence-electron chi connectivity index (χ1n) is 6.69. The summed E-state index contributed by atoms with van der Waals surface area (Å²) >= 11 is 3.07. The molecule has 0 unspecified atom stereocenters. The summed E-state index contributed by atoms with van der Waals surface area (Å²) in [6.07, 6.45) is 8.15. The summed E-state index contributed by atoms with van der Waals surface area (Å²) in [5, 5.41) is 3.12. The van der Waals surface area contributed by atoms with Crippen molar-refractivity contribution in [2.75, 3.05) is 6.54 Å². The van der Waals surface area contributed by atoms with Gasteiger partial charge in [-0.1, -0.05) is 11.6 Å². The highest BCUT2D eigenvalue weighted by atomic mass is 79.9. The Morgan fingerprint density at radius 2 is 2.05 bits per heavy atom. The van der Waals surface area contributed by atoms with Gasteiger partial charge in [0.1, 0.15) is 11.6 Å². The fraction of sp³-hybridized carbons (Fsp3) is 0.467. The van der Waals surface area contributed by atoms with Gasteiger partial charge in [-0.3, -0.25) is 0 Å². The van der Waals surface area contributed by atoms with Crippen LogP contribution in [-0.4, -0.2) is 6.54 Å². The molecule has 0 aromatic heterocycles. The maximum absolute atomic E-state index is 13.7. The number of nitrogens with one attached hydrogen (secondary N) is 1. The number of allylic oxidation sites excluding steroid dienone is 1. The molecule has 1 aliphatic rings. The zero-order valence-electron chi connectivity index (χ0n) is 10.8. The van der Waals surface area contributed by atoms with Gasteiger partial charge in [0, 0.05) is 12.1 Å². The molecule has 0 spiro atoms. The quantitative estimate of drug-likeness (QED) is 0.468. The van der Waals surface area contributed by atoms with E-state index in [1.54, 1.807) is 0 Å². The van der Waals surface area contributed by atoms with Crippen molar-refractivity contribution in [2.45, 2.75) is 38.6 Å². The summed E-state index contributed by atoms with van der Waals surface area (Å²) in [5.74, 6) is -1.01. The van der Waals surface area contributed by atoms with Crippen molar-refractivity contribution in [1.29, 1.82) is 0 Å². The molecule has 0 fully saturated rings. The second kappa shape index (κ2) is 7.15. The highest BCUT2D eigenvalue weighted by Gasteiger charge is 2.11. The molecule has 1 aliphatic carbocycles. The molecule has 0 aliphatic heterocycles. The van der Waals surface area contributed by atoms with Gasteiger partial charge in [0.2, 0.25) is 0 Å². The van der Waals surface area contributed by atoms with Crippen molar-refractivity contribution in [3.8, 4) is 0 Å². The number of hydrogen-bond donors (Lipinski definition) is 1. The van der Waals surface area contributed by atoms with E-state index in [0.717, 1.165) is 13.0 Å². The zero-order valence-corrected chi connectivity index (χ0v) is 12.4. The lowest BCUT2D eigenvalue weighted by atomic mass is 9.97. The Bertz CT molecular complexity index is 471. The largest absolute Gasteiger partial charge is 0.312 e. The smallest absolute Gasteiger partial charge is 0.144 e. The summed E-state index contributed by atoms with van der Waals surface area (Å²) in [6.45, 7) is 0.988. The van der Waals surface area contributed by atoms with Crippen LogP contribution >= 0.6 is 15.9 Å². The SMILES string of the molecule is Fc1ccc(Br)c(F)c1CNCCC1=CCCCC1. The fourth-order valence-electron chi connectivity index (χ4n) is 2.33. The van der Waals surface area contributed by atoms with Crippen molar-refractivity contribution in [2.24, 2.45) is 0 Å². The van der Waals surface area contributed by atoms with Crippen LogP contribution in [-0.2, 0) is 6.54 Å². The lowest BCUT2D eigenvalue weighted by Gasteiger charge is -2.13. The molecule has 1 aromatic rings. The van der Waals surface area contributed by atoms with E-state index in [-0.39, 0.29) is 12.1 Å². The van der Waals surface area contributed by atoms with Crippen LogP contribution < -0.4 is 5.32 Å². The lowest BCUT2D eigenvalue weighted by molar-refractivity contribution is 0.530. The Kier molecular flexibility index (Phi) is 5.52. The number of hydrogen-bond acceptors (Lipinski definition) is 1. The minimum Gasteiger partial charge on any atom is -0.312 e. The van der Waals surface area contributed by atoms with Gasteiger partial charge in [0.15, 0.2) is 0 Å². The predicted molar refractivity (Wildman–Crippen MR) is 76.9 cm³/mol. The molecule has 0 atom stereocenters. The molecule has 0 amide bonds. The van der Waals surface area contributed by atoms with Crippen molar-refractivity contribution < 1.29 is 8.78 Å². The Morgan fingerprint density at radius 3 is 2.79 bits per heavy atom. The Balaban J connectivity index is 1.82. The first-order valence-corrected chi connectivity index (χ1v) is 7.49. The third-order valence-electron chi connectivity index (χ3n) is 3.45. The minimum atomic E-state index is -0.510. The van der Waals surface area contributed by atoms with Gasteiger partial charge in [-0.15, -0.1) is 0 Å². The fourth-order valence-corrected chi connectivity index (χ4v) is 2.70. The lowest BCUT2D eigenvalue weighted by Crippen LogP contribution is -2.17. The molecule has 0 bridgehead atoms. The second-order valence-electron chi connectivity index (χ2n) is 4.86. The first kappa shape index (κ1) is 14.7. The molecule has 0 saturated carbocycles. The first-order chi connectivity index (χ1) is 9.18. The summed E-state index contributed by atoms with van der Waals surface area (Å²) in [6, 6.07) is 2.68. The van der Waals surface area contributed by atoms with Gasteiger partial charge in [0.05, 0.1) is 4.47 Å². The van der Waals surface area contributed by atoms with Gasteiger partial charge in [-0.25, -0.2) is 8.78 Å². The van der Waals surface area contributed by atoms with Crippen LogP contribution in [0.25, 0.3) is 0 Å². The maximum Gasteiger partial charge on any atom is 0.144 e. The van der Waals surface area contributed by atoms with E-state index in [2.05, 4.69) is 27.3 Å². The van der Waals surface area contributed by atoms with E-state index in [1.165, 1.54) is 43.4 Å². The van der Waals surface area contributed by atoms with E-state index in [0.29, 0.717) is 4.47 Å². The van der Waals surface area contributed by atoms with Crippen LogP contribution in [0.2, 0.25) is 0 Å². The van der Waals surface area contributed by atoms with Crippen molar-refractivity contribution in [3.63, 3.8) is 0 Å². The average molecular weight is 330 g/mol. The molecule has 0 radical (unpaired) electrons. The molecule has 0 saturated heterocycles. The van der Waals surface area contributed by atoms with Crippen molar-refractivity contribution in [3.05, 3.63) is 45.5 Å². The Labute approximate surface area is 121 Å². The zero-order chi connectivity index (χ0) is 13.7. The van der Waals surface area contributed by atoms with Gasteiger partial charge < -0.3 is 5.32 Å². The third kappa shape index (κ3) is 4.11. The van der Waals surface area contributed by atoms with Crippen LogP contribution in [0.1, 0.15) is 37.7 Å². The molecule has 1 aromatic carbocycles. The molecule has 0 heterocycles. The molecular weight excluding hydrogens is 312 g/mol. The van der Waals surface area contributed by atoms with Crippen LogP contribution in [0.15, 0.2) is 28.3 Å². The Hall–Kier alpha value is -0.740. The van der Waals surface area contributed by atoms with Crippen LogP contribution in [0.4, 0.5) is 8.78 Å². The topological polar surface area (TPSA) is 12.0 Å². The van der Waals surface area contributed by atoms with Crippen molar-refractivity contribution >= 4 is 15.9 Å². The third-order valence-corrected chi connectivity index (χ3v) is 4.06. The molecule has 104 valence electrons. The highest BCUT2D eigenvalue weighted by Crippen LogP contribution is 2.22. The number of rotatable bonds is 5. The van der Waals surface area contributed by atoms with Gasteiger partial charge in [-0.2, -0.15) is 0 Å². The summed E-state index contributed by atoms with van der Waals surface area (Å²) in [5.41, 5.74) is 1.57. The molecule has 1 nitrogen and oxygen atoms in total. The molecule has 2 rings (SSSR count). The molecule has 4 heteroatoms. The average Bonchev–Trinajstić information content (AvgIpc) is 2.43. The molecular formula is C15H18BrF2N. The van der Waals surface area contributed by atoms with E-state index in [9.17, 15) is 8.78 Å². The standard InChI is InChI=1S/C15H18BrF2N/c16-13-6-7-14(17)12(15(13)18)10-19-9-8-11-4-2-1-3-5-11/h4,6-7,19H,1-3,5,8-10H2. The maximum atomic E-state index is 13.7. The van der Waals surface area contributed by atoms with Crippen LogP contribution in [0.3, 0.4) is 0 Å². The van der Waals surface area contributed by atoms with Crippen LogP contribution in [0, 0.1) is 11.6 Å².